The number of pyridine rings is 1. The highest BCUT2D eigenvalue weighted by molar-refractivity contribution is 7.80. The highest BCUT2D eigenvalue weighted by Gasteiger charge is 2.37. The molecule has 0 atom stereocenters. The summed E-state index contributed by atoms with van der Waals surface area (Å²) in [4.78, 5) is 3.60. The Balaban J connectivity index is 2.67. The summed E-state index contributed by atoms with van der Waals surface area (Å²) in [7, 11) is 0. The quantitative estimate of drug-likeness (QED) is 0.203. The van der Waals surface area contributed by atoms with Crippen molar-refractivity contribution in [2.24, 2.45) is 5.73 Å². The molecule has 15 heteroatoms. The lowest BCUT2D eigenvalue weighted by molar-refractivity contribution is -0.143. The summed E-state index contributed by atoms with van der Waals surface area (Å²) in [5.74, 6) is 0. The van der Waals surface area contributed by atoms with Crippen LogP contribution in [-0.2, 0) is 12.4 Å². The molecule has 2 aromatic rings. The second kappa shape index (κ2) is 8.38. The maximum Gasteiger partial charge on any atom is 0.416 e. The molecule has 2 rings (SSSR count). The monoisotopic (exact) mass is 516 g/mol. The second-order valence-electron chi connectivity index (χ2n) is 5.25. The first-order valence-electron chi connectivity index (χ1n) is 6.98. The number of halogens is 10. The van der Waals surface area contributed by atoms with Crippen molar-refractivity contribution in [2.75, 3.05) is 10.4 Å². The summed E-state index contributed by atoms with van der Waals surface area (Å²) in [5, 5.41) is -1.47. The van der Waals surface area contributed by atoms with Crippen molar-refractivity contribution in [3.63, 3.8) is 0 Å². The Morgan fingerprint density at radius 1 is 0.897 bits per heavy atom. The van der Waals surface area contributed by atoms with Crippen molar-refractivity contribution in [1.82, 2.24) is 4.98 Å². The molecule has 0 bridgehead atoms. The number of anilines is 2. The van der Waals surface area contributed by atoms with Crippen LogP contribution in [-0.4, -0.2) is 10.1 Å². The zero-order valence-corrected chi connectivity index (χ0v) is 17.2. The van der Waals surface area contributed by atoms with Crippen molar-refractivity contribution in [1.29, 1.82) is 0 Å². The minimum atomic E-state index is -5.09. The zero-order chi connectivity index (χ0) is 22.3. The largest absolute Gasteiger partial charge is 0.416 e. The van der Waals surface area contributed by atoms with E-state index in [2.05, 4.69) is 10.4 Å². The molecule has 0 fully saturated rings. The van der Waals surface area contributed by atoms with Gasteiger partial charge in [0.25, 0.3) is 0 Å². The van der Waals surface area contributed by atoms with E-state index in [0.29, 0.717) is 17.1 Å². The van der Waals surface area contributed by atoms with E-state index in [-0.39, 0.29) is 32.1 Å². The Morgan fingerprint density at radius 2 is 1.31 bits per heavy atom. The number of hydrazine groups is 1. The molecular formula is C14H6Cl4F6N4S. The molecule has 0 aliphatic carbocycles. The average molecular weight is 518 g/mol. The number of hydrogen-bond acceptors (Lipinski definition) is 3. The van der Waals surface area contributed by atoms with Crippen molar-refractivity contribution in [2.45, 2.75) is 12.4 Å². The van der Waals surface area contributed by atoms with E-state index < -0.39 is 34.3 Å². The molecule has 1 heterocycles. The van der Waals surface area contributed by atoms with Gasteiger partial charge >= 0.3 is 12.4 Å². The third-order valence-corrected chi connectivity index (χ3v) is 4.93. The Kier molecular flexibility index (Phi) is 6.90. The van der Waals surface area contributed by atoms with E-state index in [1.807, 2.05) is 0 Å². The number of nitrogens with zero attached hydrogens (tertiary/aromatic N) is 2. The first kappa shape index (κ1) is 23.9. The van der Waals surface area contributed by atoms with Gasteiger partial charge in [0.2, 0.25) is 0 Å². The molecule has 0 radical (unpaired) electrons. The predicted molar refractivity (Wildman–Crippen MR) is 104 cm³/mol. The highest BCUT2D eigenvalue weighted by Crippen LogP contribution is 2.41. The molecule has 0 saturated carbocycles. The van der Waals surface area contributed by atoms with Crippen molar-refractivity contribution in [3.05, 3.63) is 49.7 Å². The van der Waals surface area contributed by atoms with Gasteiger partial charge in [-0.15, -0.1) is 0 Å². The van der Waals surface area contributed by atoms with Gasteiger partial charge in [-0.2, -0.15) is 26.3 Å². The fourth-order valence-electron chi connectivity index (χ4n) is 2.01. The standard InChI is InChI=1S/C14H6Cl4F6N4S/c15-7-9(8(16)11(18)26-10(7)17)27-28(12(25)29)6-2-4(13(19,20)21)1-5(3-6)14(22,23)24/h1-3H,(H2,25,29)(H,26,27). The van der Waals surface area contributed by atoms with Crippen LogP contribution >= 0.6 is 58.6 Å². The van der Waals surface area contributed by atoms with Gasteiger partial charge in [-0.1, -0.05) is 46.4 Å². The van der Waals surface area contributed by atoms with Crippen LogP contribution in [0, 0.1) is 0 Å². The number of rotatable bonds is 3. The Hall–Kier alpha value is -1.40. The second-order valence-corrected chi connectivity index (χ2v) is 7.14. The van der Waals surface area contributed by atoms with E-state index in [4.69, 9.17) is 64.4 Å². The van der Waals surface area contributed by atoms with Crippen LogP contribution in [0.4, 0.5) is 37.7 Å². The third kappa shape index (κ3) is 5.40. The molecule has 1 aromatic heterocycles. The van der Waals surface area contributed by atoms with Crippen molar-refractivity contribution in [3.8, 4) is 0 Å². The van der Waals surface area contributed by atoms with E-state index in [1.165, 1.54) is 0 Å². The molecule has 29 heavy (non-hydrogen) atoms. The van der Waals surface area contributed by atoms with E-state index in [9.17, 15) is 26.3 Å². The molecule has 1 aromatic carbocycles. The van der Waals surface area contributed by atoms with Crippen LogP contribution in [0.3, 0.4) is 0 Å². The number of alkyl halides is 6. The van der Waals surface area contributed by atoms with Crippen molar-refractivity contribution >= 4 is 75.1 Å². The molecule has 3 N–H and O–H groups in total. The van der Waals surface area contributed by atoms with Crippen LogP contribution in [0.5, 0.6) is 0 Å². The van der Waals surface area contributed by atoms with Crippen LogP contribution in [0.15, 0.2) is 18.2 Å². The Morgan fingerprint density at radius 3 is 1.66 bits per heavy atom. The SMILES string of the molecule is NC(=S)N(Nc1c(Cl)c(Cl)nc(Cl)c1Cl)c1cc(C(F)(F)F)cc(C(F)(F)F)c1. The average Bonchev–Trinajstić information content (AvgIpc) is 2.58. The summed E-state index contributed by atoms with van der Waals surface area (Å²) in [6.45, 7) is 0. The molecule has 0 saturated heterocycles. The zero-order valence-electron chi connectivity index (χ0n) is 13.4. The number of nitrogens with two attached hydrogens (primary N) is 1. The smallest absolute Gasteiger partial charge is 0.374 e. The normalized spacial score (nSPS) is 12.1. The van der Waals surface area contributed by atoms with Gasteiger partial charge in [-0.05, 0) is 30.4 Å². The lowest BCUT2D eigenvalue weighted by atomic mass is 10.1. The maximum atomic E-state index is 13.1. The summed E-state index contributed by atoms with van der Waals surface area (Å²) in [6.07, 6.45) is -10.2. The molecule has 0 unspecified atom stereocenters. The number of nitrogens with one attached hydrogen (secondary N) is 1. The first-order chi connectivity index (χ1) is 13.1. The molecule has 0 amide bonds. The van der Waals surface area contributed by atoms with Gasteiger partial charge in [0.15, 0.2) is 15.4 Å². The van der Waals surface area contributed by atoms with Crippen LogP contribution in [0.2, 0.25) is 20.4 Å². The third-order valence-electron chi connectivity index (χ3n) is 3.27. The number of aromatic nitrogens is 1. The summed E-state index contributed by atoms with van der Waals surface area (Å²) in [5.41, 5.74) is 3.63. The number of hydrogen-bond donors (Lipinski definition) is 2. The summed E-state index contributed by atoms with van der Waals surface area (Å²) in [6, 6.07) is 0.739. The highest BCUT2D eigenvalue weighted by atomic mass is 35.5. The molecule has 4 nitrogen and oxygen atoms in total. The lowest BCUT2D eigenvalue weighted by Gasteiger charge is -2.27. The fraction of sp³-hybridized carbons (Fsp3) is 0.143. The molecule has 0 spiro atoms. The molecule has 0 aliphatic rings. The Bertz CT molecular complexity index is 908. The van der Waals surface area contributed by atoms with Gasteiger partial charge in [0.05, 0.1) is 22.5 Å². The van der Waals surface area contributed by atoms with Gasteiger partial charge in [-0.3, -0.25) is 5.43 Å². The van der Waals surface area contributed by atoms with Crippen LogP contribution in [0.1, 0.15) is 11.1 Å². The van der Waals surface area contributed by atoms with Crippen LogP contribution in [0.25, 0.3) is 0 Å². The van der Waals surface area contributed by atoms with E-state index in [0.717, 1.165) is 0 Å². The van der Waals surface area contributed by atoms with Gasteiger partial charge < -0.3 is 5.73 Å². The van der Waals surface area contributed by atoms with Gasteiger partial charge in [-0.25, -0.2) is 9.99 Å². The number of thiocarbonyl (C=S) groups is 1. The topological polar surface area (TPSA) is 54.2 Å². The minimum Gasteiger partial charge on any atom is -0.374 e. The molecule has 158 valence electrons. The Labute approximate surface area is 184 Å². The molecule has 0 aliphatic heterocycles. The van der Waals surface area contributed by atoms with Gasteiger partial charge in [0, 0.05) is 0 Å². The summed E-state index contributed by atoms with van der Waals surface area (Å²) < 4.78 is 78.6. The van der Waals surface area contributed by atoms with Crippen LogP contribution < -0.4 is 16.2 Å². The fourth-order valence-corrected chi connectivity index (χ4v) is 2.97. The number of benzene rings is 1. The maximum absolute atomic E-state index is 13.1. The minimum absolute atomic E-state index is 0.0542. The van der Waals surface area contributed by atoms with E-state index >= 15 is 0 Å². The first-order valence-corrected chi connectivity index (χ1v) is 8.90. The summed E-state index contributed by atoms with van der Waals surface area (Å²) >= 11 is 28.1. The molecular weight excluding hydrogens is 512 g/mol. The predicted octanol–water partition coefficient (Wildman–Crippen LogP) is 6.81. The van der Waals surface area contributed by atoms with E-state index in [1.54, 1.807) is 0 Å². The van der Waals surface area contributed by atoms with Gasteiger partial charge in [0.1, 0.15) is 10.0 Å². The lowest BCUT2D eigenvalue weighted by Crippen LogP contribution is -2.40. The van der Waals surface area contributed by atoms with Crippen molar-refractivity contribution < 1.29 is 26.3 Å².